The quantitative estimate of drug-likeness (QED) is 0.721. The number of nitrogens with one attached hydrogen (secondary N) is 2. The van der Waals surface area contributed by atoms with Gasteiger partial charge in [-0.05, 0) is 31.3 Å². The maximum Gasteiger partial charge on any atom is 0.287 e. The van der Waals surface area contributed by atoms with E-state index in [0.29, 0.717) is 11.5 Å². The smallest absolute Gasteiger partial charge is 0.287 e. The van der Waals surface area contributed by atoms with E-state index in [0.717, 1.165) is 11.1 Å². The van der Waals surface area contributed by atoms with Crippen molar-refractivity contribution in [3.8, 4) is 11.5 Å². The van der Waals surface area contributed by atoms with Crippen LogP contribution < -0.4 is 14.8 Å². The maximum absolute atomic E-state index is 12.7. The molecular formula is C19H16N2O5S. The standard InChI is InChI=1S/C19H16N2O5S/c1-20-27(23,24)17-11-10-16(26-17)19(22)21-18-12-6-2-4-8-14(12)25-15-9-5-3-7-13(15)18/h2-11,18,20H,1H3,(H,21,22). The third kappa shape index (κ3) is 3.09. The molecule has 0 saturated carbocycles. The fraction of sp³-hybridized carbons (Fsp3) is 0.105. The van der Waals surface area contributed by atoms with E-state index in [4.69, 9.17) is 9.15 Å². The summed E-state index contributed by atoms with van der Waals surface area (Å²) in [5.41, 5.74) is 1.61. The molecule has 1 aliphatic heterocycles. The van der Waals surface area contributed by atoms with Crippen LogP contribution in [-0.4, -0.2) is 21.4 Å². The Labute approximate surface area is 156 Å². The number of carbonyl (C=O) groups excluding carboxylic acids is 1. The summed E-state index contributed by atoms with van der Waals surface area (Å²) >= 11 is 0. The Kier molecular flexibility index (Phi) is 4.21. The summed E-state index contributed by atoms with van der Waals surface area (Å²) in [5, 5.41) is 2.59. The molecule has 0 unspecified atom stereocenters. The van der Waals surface area contributed by atoms with Gasteiger partial charge in [0.05, 0.1) is 6.04 Å². The molecular weight excluding hydrogens is 368 g/mol. The average molecular weight is 384 g/mol. The molecule has 2 aromatic carbocycles. The lowest BCUT2D eigenvalue weighted by Gasteiger charge is -2.28. The molecule has 0 fully saturated rings. The van der Waals surface area contributed by atoms with Crippen molar-refractivity contribution < 1.29 is 22.4 Å². The van der Waals surface area contributed by atoms with Gasteiger partial charge < -0.3 is 14.5 Å². The van der Waals surface area contributed by atoms with E-state index in [-0.39, 0.29) is 10.9 Å². The molecule has 2 heterocycles. The summed E-state index contributed by atoms with van der Waals surface area (Å²) < 4.78 is 36.9. The van der Waals surface area contributed by atoms with E-state index in [1.165, 1.54) is 19.2 Å². The minimum atomic E-state index is -3.76. The largest absolute Gasteiger partial charge is 0.457 e. The van der Waals surface area contributed by atoms with Crippen LogP contribution >= 0.6 is 0 Å². The molecule has 3 aromatic rings. The molecule has 1 aromatic heterocycles. The Morgan fingerprint density at radius 2 is 1.52 bits per heavy atom. The summed E-state index contributed by atoms with van der Waals surface area (Å²) in [6, 6.07) is 16.9. The molecule has 138 valence electrons. The van der Waals surface area contributed by atoms with Crippen molar-refractivity contribution in [2.45, 2.75) is 11.1 Å². The third-order valence-corrected chi connectivity index (χ3v) is 5.58. The van der Waals surface area contributed by atoms with Gasteiger partial charge in [0.1, 0.15) is 11.5 Å². The number of benzene rings is 2. The number of para-hydroxylation sites is 2. The molecule has 0 atom stereocenters. The molecule has 0 saturated heterocycles. The Balaban J connectivity index is 1.68. The topological polar surface area (TPSA) is 97.6 Å². The van der Waals surface area contributed by atoms with Crippen LogP contribution in [0.25, 0.3) is 0 Å². The molecule has 1 amide bonds. The van der Waals surface area contributed by atoms with Crippen molar-refractivity contribution in [2.24, 2.45) is 0 Å². The predicted octanol–water partition coefficient (Wildman–Crippen LogP) is 2.81. The Morgan fingerprint density at radius 3 is 2.11 bits per heavy atom. The first-order chi connectivity index (χ1) is 13.0. The molecule has 4 rings (SSSR count). The summed E-state index contributed by atoms with van der Waals surface area (Å²) in [6.45, 7) is 0. The van der Waals surface area contributed by atoms with E-state index < -0.39 is 22.0 Å². The highest BCUT2D eigenvalue weighted by Crippen LogP contribution is 2.42. The number of ether oxygens (including phenoxy) is 1. The van der Waals surface area contributed by atoms with Crippen molar-refractivity contribution in [1.29, 1.82) is 0 Å². The van der Waals surface area contributed by atoms with Crippen LogP contribution in [0.5, 0.6) is 11.5 Å². The van der Waals surface area contributed by atoms with Gasteiger partial charge in [-0.3, -0.25) is 4.79 Å². The van der Waals surface area contributed by atoms with Crippen LogP contribution in [0, 0.1) is 0 Å². The van der Waals surface area contributed by atoms with Gasteiger partial charge in [0, 0.05) is 11.1 Å². The summed E-state index contributed by atoms with van der Waals surface area (Å²) in [6.07, 6.45) is 0. The summed E-state index contributed by atoms with van der Waals surface area (Å²) in [5.74, 6) is 0.688. The van der Waals surface area contributed by atoms with Gasteiger partial charge in [-0.2, -0.15) is 0 Å². The molecule has 0 spiro atoms. The molecule has 2 N–H and O–H groups in total. The molecule has 7 nitrogen and oxygen atoms in total. The van der Waals surface area contributed by atoms with Gasteiger partial charge >= 0.3 is 0 Å². The number of hydrogen-bond acceptors (Lipinski definition) is 5. The highest BCUT2D eigenvalue weighted by molar-refractivity contribution is 7.89. The van der Waals surface area contributed by atoms with Crippen molar-refractivity contribution in [1.82, 2.24) is 10.0 Å². The zero-order valence-electron chi connectivity index (χ0n) is 14.3. The average Bonchev–Trinajstić information content (AvgIpc) is 3.19. The first-order valence-corrected chi connectivity index (χ1v) is 9.68. The van der Waals surface area contributed by atoms with Gasteiger partial charge in [0.25, 0.3) is 15.9 Å². The second-order valence-electron chi connectivity index (χ2n) is 5.91. The number of amides is 1. The number of sulfonamides is 1. The first kappa shape index (κ1) is 17.3. The molecule has 8 heteroatoms. The lowest BCUT2D eigenvalue weighted by molar-refractivity contribution is 0.0908. The monoisotopic (exact) mass is 384 g/mol. The third-order valence-electron chi connectivity index (χ3n) is 4.29. The normalized spacial score (nSPS) is 13.4. The van der Waals surface area contributed by atoms with Crippen molar-refractivity contribution >= 4 is 15.9 Å². The predicted molar refractivity (Wildman–Crippen MR) is 97.2 cm³/mol. The molecule has 27 heavy (non-hydrogen) atoms. The Hall–Kier alpha value is -3.10. The minimum Gasteiger partial charge on any atom is -0.457 e. The lowest BCUT2D eigenvalue weighted by Crippen LogP contribution is -2.31. The van der Waals surface area contributed by atoms with Crippen LogP contribution in [0.4, 0.5) is 0 Å². The summed E-state index contributed by atoms with van der Waals surface area (Å²) in [7, 11) is -2.49. The number of carbonyl (C=O) groups is 1. The second kappa shape index (κ2) is 6.57. The molecule has 0 aliphatic carbocycles. The fourth-order valence-corrected chi connectivity index (χ4v) is 3.60. The van der Waals surface area contributed by atoms with Crippen LogP contribution in [0.3, 0.4) is 0 Å². The van der Waals surface area contributed by atoms with Crippen molar-refractivity contribution in [3.63, 3.8) is 0 Å². The summed E-state index contributed by atoms with van der Waals surface area (Å²) in [4.78, 5) is 12.7. The van der Waals surface area contributed by atoms with E-state index in [1.807, 2.05) is 48.5 Å². The van der Waals surface area contributed by atoms with Gasteiger partial charge in [0.15, 0.2) is 5.76 Å². The zero-order chi connectivity index (χ0) is 19.0. The van der Waals surface area contributed by atoms with Gasteiger partial charge in [-0.25, -0.2) is 13.1 Å². The Bertz CT molecular complexity index is 1070. The van der Waals surface area contributed by atoms with E-state index in [2.05, 4.69) is 10.0 Å². The van der Waals surface area contributed by atoms with Crippen LogP contribution in [0.15, 0.2) is 70.2 Å². The fourth-order valence-electron chi connectivity index (χ4n) is 2.95. The van der Waals surface area contributed by atoms with Gasteiger partial charge in [-0.1, -0.05) is 36.4 Å². The van der Waals surface area contributed by atoms with Gasteiger partial charge in [-0.15, -0.1) is 0 Å². The Morgan fingerprint density at radius 1 is 0.926 bits per heavy atom. The number of hydrogen-bond donors (Lipinski definition) is 2. The van der Waals surface area contributed by atoms with Crippen molar-refractivity contribution in [2.75, 3.05) is 7.05 Å². The van der Waals surface area contributed by atoms with Gasteiger partial charge in [0.2, 0.25) is 5.09 Å². The highest BCUT2D eigenvalue weighted by atomic mass is 32.2. The molecule has 1 aliphatic rings. The van der Waals surface area contributed by atoms with Crippen LogP contribution in [0.2, 0.25) is 0 Å². The van der Waals surface area contributed by atoms with Crippen LogP contribution in [-0.2, 0) is 10.0 Å². The second-order valence-corrected chi connectivity index (χ2v) is 7.73. The molecule has 0 radical (unpaired) electrons. The SMILES string of the molecule is CNS(=O)(=O)c1ccc(C(=O)NC2c3ccccc3Oc3ccccc32)o1. The first-order valence-electron chi connectivity index (χ1n) is 8.19. The maximum atomic E-state index is 12.7. The van der Waals surface area contributed by atoms with Crippen molar-refractivity contribution in [3.05, 3.63) is 77.6 Å². The highest BCUT2D eigenvalue weighted by Gasteiger charge is 2.29. The molecule has 0 bridgehead atoms. The number of rotatable bonds is 4. The number of furan rings is 1. The number of fused-ring (bicyclic) bond motifs is 2. The minimum absolute atomic E-state index is 0.0923. The van der Waals surface area contributed by atoms with E-state index in [1.54, 1.807) is 0 Å². The van der Waals surface area contributed by atoms with E-state index >= 15 is 0 Å². The van der Waals surface area contributed by atoms with E-state index in [9.17, 15) is 13.2 Å². The lowest BCUT2D eigenvalue weighted by atomic mass is 9.94. The van der Waals surface area contributed by atoms with Crippen LogP contribution in [0.1, 0.15) is 27.7 Å². The zero-order valence-corrected chi connectivity index (χ0v) is 15.1.